The first kappa shape index (κ1) is 14.6. The fourth-order valence-corrected chi connectivity index (χ4v) is 3.59. The molecule has 0 atom stereocenters. The highest BCUT2D eigenvalue weighted by Crippen LogP contribution is 2.24. The topological polar surface area (TPSA) is 70.0 Å². The van der Waals surface area contributed by atoms with Gasteiger partial charge in [0.1, 0.15) is 6.07 Å². The smallest absolute Gasteiger partial charge is 0.219 e. The van der Waals surface area contributed by atoms with Gasteiger partial charge in [-0.1, -0.05) is 17.7 Å². The van der Waals surface area contributed by atoms with Crippen molar-refractivity contribution < 1.29 is 8.42 Å². The van der Waals surface area contributed by atoms with Gasteiger partial charge in [-0.25, -0.2) is 8.42 Å². The summed E-state index contributed by atoms with van der Waals surface area (Å²) in [6.07, 6.45) is 1.72. The number of allylic oxidation sites excluding steroid dienone is 1. The number of hydrogen-bond acceptors (Lipinski definition) is 5. The third kappa shape index (κ3) is 2.86. The predicted octanol–water partition coefficient (Wildman–Crippen LogP) is 2.04. The van der Waals surface area contributed by atoms with Gasteiger partial charge < -0.3 is 5.32 Å². The maximum atomic E-state index is 12.3. The number of hydrogen-bond donors (Lipinski definition) is 1. The molecular formula is C12H14N2O2S2. The van der Waals surface area contributed by atoms with E-state index >= 15 is 0 Å². The summed E-state index contributed by atoms with van der Waals surface area (Å²) in [5.74, 6) is 0. The van der Waals surface area contributed by atoms with Crippen molar-refractivity contribution >= 4 is 21.6 Å². The fourth-order valence-electron chi connectivity index (χ4n) is 1.38. The Hall–Kier alpha value is -1.45. The number of sulfone groups is 1. The highest BCUT2D eigenvalue weighted by molar-refractivity contribution is 8.04. The minimum atomic E-state index is -3.76. The standard InChI is InChI=1S/C12H14N2O2S2/c1-9-4-6-10(7-5-9)18(15,16)11(8-13)12(14-2)17-3/h4-7,14H,1-3H3/b12-11-. The number of nitriles is 1. The SMILES string of the molecule is CN/C(SC)=C(\C#N)S(=O)(=O)c1ccc(C)cc1. The Morgan fingerprint density at radius 2 is 1.89 bits per heavy atom. The maximum absolute atomic E-state index is 12.3. The Kier molecular flexibility index (Phi) is 4.82. The molecule has 0 fully saturated rings. The molecular weight excluding hydrogens is 268 g/mol. The van der Waals surface area contributed by atoms with Crippen molar-refractivity contribution in [2.75, 3.05) is 13.3 Å². The summed E-state index contributed by atoms with van der Waals surface area (Å²) in [5, 5.41) is 12.1. The summed E-state index contributed by atoms with van der Waals surface area (Å²) < 4.78 is 24.6. The average molecular weight is 282 g/mol. The molecule has 96 valence electrons. The summed E-state index contributed by atoms with van der Waals surface area (Å²) in [6.45, 7) is 1.87. The molecule has 0 aliphatic carbocycles. The summed E-state index contributed by atoms with van der Waals surface area (Å²) in [4.78, 5) is -0.118. The van der Waals surface area contributed by atoms with Gasteiger partial charge in [-0.15, -0.1) is 11.8 Å². The fraction of sp³-hybridized carbons (Fsp3) is 0.250. The summed E-state index contributed by atoms with van der Waals surface area (Å²) >= 11 is 1.19. The maximum Gasteiger partial charge on any atom is 0.219 e. The van der Waals surface area contributed by atoms with E-state index in [-0.39, 0.29) is 9.80 Å². The molecule has 18 heavy (non-hydrogen) atoms. The number of benzene rings is 1. The van der Waals surface area contributed by atoms with Gasteiger partial charge in [0.2, 0.25) is 9.84 Å². The normalized spacial score (nSPS) is 12.6. The highest BCUT2D eigenvalue weighted by Gasteiger charge is 2.24. The molecule has 0 aromatic heterocycles. The lowest BCUT2D eigenvalue weighted by atomic mass is 10.2. The van der Waals surface area contributed by atoms with Crippen molar-refractivity contribution in [2.45, 2.75) is 11.8 Å². The van der Waals surface area contributed by atoms with Crippen LogP contribution < -0.4 is 5.32 Å². The van der Waals surface area contributed by atoms with Gasteiger partial charge in [0, 0.05) is 7.05 Å². The monoisotopic (exact) mass is 282 g/mol. The van der Waals surface area contributed by atoms with Crippen LogP contribution in [0.25, 0.3) is 0 Å². The molecule has 1 N–H and O–H groups in total. The molecule has 0 saturated heterocycles. The van der Waals surface area contributed by atoms with E-state index in [4.69, 9.17) is 5.26 Å². The zero-order valence-electron chi connectivity index (χ0n) is 10.4. The van der Waals surface area contributed by atoms with Crippen LogP contribution >= 0.6 is 11.8 Å². The summed E-state index contributed by atoms with van der Waals surface area (Å²) in [6, 6.07) is 8.20. The molecule has 0 amide bonds. The lowest BCUT2D eigenvalue weighted by Crippen LogP contribution is -2.12. The van der Waals surface area contributed by atoms with Crippen LogP contribution in [0.4, 0.5) is 0 Å². The zero-order valence-corrected chi connectivity index (χ0v) is 12.0. The zero-order chi connectivity index (χ0) is 13.8. The van der Waals surface area contributed by atoms with E-state index in [2.05, 4.69) is 5.32 Å². The van der Waals surface area contributed by atoms with Crippen LogP contribution in [0.1, 0.15) is 5.56 Å². The van der Waals surface area contributed by atoms with E-state index in [1.54, 1.807) is 31.5 Å². The van der Waals surface area contributed by atoms with Gasteiger partial charge in [-0.3, -0.25) is 0 Å². The van der Waals surface area contributed by atoms with Gasteiger partial charge in [0.05, 0.1) is 9.92 Å². The van der Waals surface area contributed by atoms with Gasteiger partial charge in [0.25, 0.3) is 0 Å². The van der Waals surface area contributed by atoms with Crippen molar-refractivity contribution in [3.8, 4) is 6.07 Å². The molecule has 0 radical (unpaired) electrons. The Balaban J connectivity index is 3.42. The second-order valence-electron chi connectivity index (χ2n) is 3.54. The summed E-state index contributed by atoms with van der Waals surface area (Å²) in [5.41, 5.74) is 0.968. The molecule has 0 spiro atoms. The first-order chi connectivity index (χ1) is 8.47. The minimum absolute atomic E-state index is 0.131. The quantitative estimate of drug-likeness (QED) is 0.856. The predicted molar refractivity (Wildman–Crippen MR) is 73.6 cm³/mol. The molecule has 0 bridgehead atoms. The number of rotatable bonds is 4. The largest absolute Gasteiger partial charge is 0.381 e. The van der Waals surface area contributed by atoms with Crippen LogP contribution in [-0.4, -0.2) is 21.7 Å². The van der Waals surface area contributed by atoms with E-state index in [1.165, 1.54) is 23.9 Å². The van der Waals surface area contributed by atoms with Crippen molar-refractivity contribution in [1.82, 2.24) is 5.32 Å². The van der Waals surface area contributed by atoms with E-state index in [0.29, 0.717) is 5.03 Å². The molecule has 0 unspecified atom stereocenters. The highest BCUT2D eigenvalue weighted by atomic mass is 32.2. The first-order valence-corrected chi connectivity index (χ1v) is 7.86. The van der Waals surface area contributed by atoms with Crippen molar-refractivity contribution in [2.24, 2.45) is 0 Å². The van der Waals surface area contributed by atoms with Crippen LogP contribution in [0.2, 0.25) is 0 Å². The molecule has 0 aliphatic rings. The molecule has 0 heterocycles. The Labute approximate surface area is 112 Å². The Morgan fingerprint density at radius 3 is 2.28 bits per heavy atom. The molecule has 0 aliphatic heterocycles. The van der Waals surface area contributed by atoms with Gasteiger partial charge in [-0.2, -0.15) is 5.26 Å². The molecule has 1 aromatic carbocycles. The average Bonchev–Trinajstić information content (AvgIpc) is 2.35. The van der Waals surface area contributed by atoms with E-state index in [9.17, 15) is 8.42 Å². The number of nitrogens with zero attached hydrogens (tertiary/aromatic N) is 1. The van der Waals surface area contributed by atoms with E-state index < -0.39 is 9.84 Å². The molecule has 0 saturated carbocycles. The molecule has 4 nitrogen and oxygen atoms in total. The number of thioether (sulfide) groups is 1. The van der Waals surface area contributed by atoms with Crippen molar-refractivity contribution in [3.05, 3.63) is 39.8 Å². The molecule has 1 rings (SSSR count). The van der Waals surface area contributed by atoms with Crippen LogP contribution in [0.3, 0.4) is 0 Å². The third-order valence-electron chi connectivity index (χ3n) is 2.34. The number of nitrogens with one attached hydrogen (secondary N) is 1. The lowest BCUT2D eigenvalue weighted by Gasteiger charge is -2.08. The van der Waals surface area contributed by atoms with Crippen LogP contribution in [-0.2, 0) is 9.84 Å². The van der Waals surface area contributed by atoms with Crippen molar-refractivity contribution in [3.63, 3.8) is 0 Å². The van der Waals surface area contributed by atoms with Crippen molar-refractivity contribution in [1.29, 1.82) is 5.26 Å². The Morgan fingerprint density at radius 1 is 1.33 bits per heavy atom. The van der Waals surface area contributed by atoms with E-state index in [1.807, 2.05) is 6.92 Å². The summed E-state index contributed by atoms with van der Waals surface area (Å²) in [7, 11) is -2.17. The lowest BCUT2D eigenvalue weighted by molar-refractivity contribution is 0.602. The minimum Gasteiger partial charge on any atom is -0.381 e. The number of aryl methyl sites for hydroxylation is 1. The third-order valence-corrected chi connectivity index (χ3v) is 5.01. The van der Waals surface area contributed by atoms with Crippen LogP contribution in [0.5, 0.6) is 0 Å². The first-order valence-electron chi connectivity index (χ1n) is 5.15. The Bertz CT molecular complexity index is 590. The second kappa shape index (κ2) is 5.94. The second-order valence-corrected chi connectivity index (χ2v) is 6.24. The van der Waals surface area contributed by atoms with Crippen LogP contribution in [0.15, 0.2) is 39.1 Å². The van der Waals surface area contributed by atoms with Gasteiger partial charge in [0.15, 0.2) is 4.91 Å². The van der Waals surface area contributed by atoms with Gasteiger partial charge in [-0.05, 0) is 25.3 Å². The van der Waals surface area contributed by atoms with Gasteiger partial charge >= 0.3 is 0 Å². The molecule has 1 aromatic rings. The molecule has 6 heteroatoms. The van der Waals surface area contributed by atoms with E-state index in [0.717, 1.165) is 5.56 Å². The van der Waals surface area contributed by atoms with Crippen LogP contribution in [0, 0.1) is 18.3 Å².